The van der Waals surface area contributed by atoms with Crippen LogP contribution in [0.4, 0.5) is 0 Å². The number of rotatable bonds is 5. The number of nitrogens with zero attached hydrogens (tertiary/aromatic N) is 3. The van der Waals surface area contributed by atoms with Gasteiger partial charge in [-0.05, 0) is 51.6 Å². The normalized spacial score (nSPS) is 12.9. The Hall–Kier alpha value is -6.71. The molecule has 0 N–H and O–H groups in total. The molecule has 0 fully saturated rings. The van der Waals surface area contributed by atoms with E-state index < -0.39 is 0 Å². The van der Waals surface area contributed by atoms with E-state index in [9.17, 15) is 0 Å². The van der Waals surface area contributed by atoms with Gasteiger partial charge in [-0.2, -0.15) is 0 Å². The van der Waals surface area contributed by atoms with E-state index in [-0.39, 0.29) is 5.41 Å². The summed E-state index contributed by atoms with van der Waals surface area (Å²) in [6.45, 7) is 4.68. The summed E-state index contributed by atoms with van der Waals surface area (Å²) in [7, 11) is 0. The number of hydrogen-bond acceptors (Lipinski definition) is 3. The fourth-order valence-corrected chi connectivity index (χ4v) is 8.20. The van der Waals surface area contributed by atoms with Crippen LogP contribution in [0.5, 0.6) is 0 Å². The Kier molecular flexibility index (Phi) is 7.16. The van der Waals surface area contributed by atoms with Gasteiger partial charge in [0.1, 0.15) is 0 Å². The molecule has 1 aliphatic rings. The van der Waals surface area contributed by atoms with Crippen LogP contribution in [0.25, 0.3) is 89.1 Å². The third kappa shape index (κ3) is 5.16. The van der Waals surface area contributed by atoms with Crippen molar-refractivity contribution >= 4 is 21.7 Å². The second kappa shape index (κ2) is 12.2. The van der Waals surface area contributed by atoms with E-state index in [0.717, 1.165) is 50.2 Å². The minimum absolute atomic E-state index is 0.0897. The van der Waals surface area contributed by atoms with Crippen LogP contribution in [0.3, 0.4) is 0 Å². The fourth-order valence-electron chi connectivity index (χ4n) is 8.20. The highest BCUT2D eigenvalue weighted by Crippen LogP contribution is 2.53. The van der Waals surface area contributed by atoms with Crippen LogP contribution in [0, 0.1) is 0 Å². The monoisotopic (exact) mass is 677 g/mol. The molecule has 0 aliphatic heterocycles. The lowest BCUT2D eigenvalue weighted by atomic mass is 9.81. The predicted octanol–water partition coefficient (Wildman–Crippen LogP) is 12.8. The highest BCUT2D eigenvalue weighted by atomic mass is 14.9. The minimum Gasteiger partial charge on any atom is -0.247 e. The molecule has 0 amide bonds. The molecule has 2 aromatic heterocycles. The van der Waals surface area contributed by atoms with Crippen LogP contribution in [0.1, 0.15) is 25.0 Å². The topological polar surface area (TPSA) is 38.7 Å². The second-order valence-corrected chi connectivity index (χ2v) is 14.4. The number of pyridine rings is 1. The Morgan fingerprint density at radius 1 is 0.396 bits per heavy atom. The number of hydrogen-bond donors (Lipinski definition) is 0. The summed E-state index contributed by atoms with van der Waals surface area (Å²) in [6, 6.07) is 62.2. The number of fused-ring (bicyclic) bond motifs is 7. The first-order valence-electron chi connectivity index (χ1n) is 18.2. The van der Waals surface area contributed by atoms with Crippen molar-refractivity contribution in [1.29, 1.82) is 0 Å². The van der Waals surface area contributed by atoms with Gasteiger partial charge in [0.15, 0.2) is 5.82 Å². The quantitative estimate of drug-likeness (QED) is 0.170. The van der Waals surface area contributed by atoms with Crippen molar-refractivity contribution < 1.29 is 0 Å². The largest absolute Gasteiger partial charge is 0.247 e. The SMILES string of the molecule is CC1(C)c2ccccc2-c2c1ccc1c(-c3cccc(-c4cc(-c5ccc(-c6ccccc6)cc5)nc(-c5ccccc5)n4)c3)nc3ccccc3c21. The summed E-state index contributed by atoms with van der Waals surface area (Å²) in [5.41, 5.74) is 15.4. The Morgan fingerprint density at radius 2 is 1.00 bits per heavy atom. The number of para-hydroxylation sites is 1. The molecule has 10 rings (SSSR count). The van der Waals surface area contributed by atoms with Gasteiger partial charge in [-0.3, -0.25) is 0 Å². The van der Waals surface area contributed by atoms with Gasteiger partial charge in [-0.15, -0.1) is 0 Å². The molecule has 0 radical (unpaired) electrons. The van der Waals surface area contributed by atoms with Crippen LogP contribution in [0.2, 0.25) is 0 Å². The summed E-state index contributed by atoms with van der Waals surface area (Å²) in [5, 5.41) is 3.60. The molecule has 3 heteroatoms. The van der Waals surface area contributed by atoms with Gasteiger partial charge in [0, 0.05) is 43.8 Å². The van der Waals surface area contributed by atoms with Crippen LogP contribution in [0.15, 0.2) is 176 Å². The first-order chi connectivity index (χ1) is 26.0. The molecule has 0 bridgehead atoms. The highest BCUT2D eigenvalue weighted by Gasteiger charge is 2.36. The highest BCUT2D eigenvalue weighted by molar-refractivity contribution is 6.19. The smallest absolute Gasteiger partial charge is 0.160 e. The van der Waals surface area contributed by atoms with Gasteiger partial charge in [-0.1, -0.05) is 172 Å². The number of aromatic nitrogens is 3. The van der Waals surface area contributed by atoms with Crippen molar-refractivity contribution in [3.05, 3.63) is 187 Å². The van der Waals surface area contributed by atoms with Crippen molar-refractivity contribution in [3.8, 4) is 67.4 Å². The Labute approximate surface area is 309 Å². The maximum atomic E-state index is 5.36. The molecule has 250 valence electrons. The van der Waals surface area contributed by atoms with Crippen LogP contribution in [-0.2, 0) is 5.41 Å². The molecule has 0 saturated heterocycles. The standard InChI is InChI=1S/C50H35N3/c1-50(2)41-22-11-9-20-38(41)47-42(50)29-28-40-46(47)39-21-10-12-23-43(39)51-48(40)37-19-13-18-36(30-37)45-31-44(52-49(53-45)35-16-7-4-8-17-35)34-26-24-33(25-27-34)32-14-5-3-6-15-32/h3-31H,1-2H3. The maximum absolute atomic E-state index is 5.36. The average Bonchev–Trinajstić information content (AvgIpc) is 3.47. The molecular weight excluding hydrogens is 643 g/mol. The summed E-state index contributed by atoms with van der Waals surface area (Å²) in [6.07, 6.45) is 0. The van der Waals surface area contributed by atoms with E-state index in [2.05, 4.69) is 166 Å². The molecule has 0 atom stereocenters. The third-order valence-electron chi connectivity index (χ3n) is 10.9. The Morgan fingerprint density at radius 3 is 1.79 bits per heavy atom. The van der Waals surface area contributed by atoms with Gasteiger partial charge in [-0.25, -0.2) is 15.0 Å². The van der Waals surface area contributed by atoms with Gasteiger partial charge in [0.05, 0.1) is 22.6 Å². The summed E-state index contributed by atoms with van der Waals surface area (Å²) < 4.78 is 0. The zero-order valence-electron chi connectivity index (χ0n) is 29.6. The molecule has 3 nitrogen and oxygen atoms in total. The average molecular weight is 678 g/mol. The zero-order chi connectivity index (χ0) is 35.5. The van der Waals surface area contributed by atoms with Crippen molar-refractivity contribution in [2.75, 3.05) is 0 Å². The summed E-state index contributed by atoms with van der Waals surface area (Å²) >= 11 is 0. The molecule has 0 spiro atoms. The zero-order valence-corrected chi connectivity index (χ0v) is 29.6. The lowest BCUT2D eigenvalue weighted by Crippen LogP contribution is -2.14. The van der Waals surface area contributed by atoms with E-state index in [1.54, 1.807) is 0 Å². The van der Waals surface area contributed by atoms with E-state index in [1.807, 2.05) is 24.3 Å². The maximum Gasteiger partial charge on any atom is 0.160 e. The molecule has 1 aliphatic carbocycles. The van der Waals surface area contributed by atoms with Crippen molar-refractivity contribution in [1.82, 2.24) is 15.0 Å². The first-order valence-corrected chi connectivity index (χ1v) is 18.2. The third-order valence-corrected chi connectivity index (χ3v) is 10.9. The van der Waals surface area contributed by atoms with E-state index in [1.165, 1.54) is 44.2 Å². The second-order valence-electron chi connectivity index (χ2n) is 14.4. The van der Waals surface area contributed by atoms with E-state index >= 15 is 0 Å². The summed E-state index contributed by atoms with van der Waals surface area (Å²) in [4.78, 5) is 15.6. The first kappa shape index (κ1) is 31.1. The van der Waals surface area contributed by atoms with Crippen molar-refractivity contribution in [2.45, 2.75) is 19.3 Å². The summed E-state index contributed by atoms with van der Waals surface area (Å²) in [5.74, 6) is 0.696. The van der Waals surface area contributed by atoms with Crippen molar-refractivity contribution in [3.63, 3.8) is 0 Å². The Bertz CT molecular complexity index is 2840. The molecule has 53 heavy (non-hydrogen) atoms. The molecule has 2 heterocycles. The Balaban J connectivity index is 1.15. The predicted molar refractivity (Wildman–Crippen MR) is 220 cm³/mol. The molecule has 7 aromatic carbocycles. The fraction of sp³-hybridized carbons (Fsp3) is 0.0600. The van der Waals surface area contributed by atoms with Gasteiger partial charge < -0.3 is 0 Å². The lowest BCUT2D eigenvalue weighted by molar-refractivity contribution is 0.661. The van der Waals surface area contributed by atoms with Gasteiger partial charge in [0.2, 0.25) is 0 Å². The molecule has 0 unspecified atom stereocenters. The van der Waals surface area contributed by atoms with Crippen LogP contribution in [-0.4, -0.2) is 15.0 Å². The van der Waals surface area contributed by atoms with Gasteiger partial charge >= 0.3 is 0 Å². The molecule has 9 aromatic rings. The van der Waals surface area contributed by atoms with Crippen molar-refractivity contribution in [2.24, 2.45) is 0 Å². The lowest BCUT2D eigenvalue weighted by Gasteiger charge is -2.22. The molecule has 0 saturated carbocycles. The van der Waals surface area contributed by atoms with E-state index in [4.69, 9.17) is 15.0 Å². The van der Waals surface area contributed by atoms with E-state index in [0.29, 0.717) is 5.82 Å². The van der Waals surface area contributed by atoms with Crippen LogP contribution < -0.4 is 0 Å². The number of benzene rings is 7. The molecular formula is C50H35N3. The van der Waals surface area contributed by atoms with Gasteiger partial charge in [0.25, 0.3) is 0 Å². The minimum atomic E-state index is -0.0897. The van der Waals surface area contributed by atoms with Crippen LogP contribution >= 0.6 is 0 Å².